The zero-order chi connectivity index (χ0) is 13.9. The fourth-order valence-electron chi connectivity index (χ4n) is 1.43. The molecule has 0 atom stereocenters. The molecule has 2 aromatic rings. The smallest absolute Gasteiger partial charge is 0.238 e. The van der Waals surface area contributed by atoms with Gasteiger partial charge >= 0.3 is 0 Å². The highest BCUT2D eigenvalue weighted by Crippen LogP contribution is 2.26. The molecule has 0 saturated carbocycles. The highest BCUT2D eigenvalue weighted by molar-refractivity contribution is 7.89. The number of benzene rings is 1. The summed E-state index contributed by atoms with van der Waals surface area (Å²) in [4.78, 5) is 0.0881. The molecule has 2 rings (SSSR count). The fraction of sp³-hybridized carbons (Fsp3) is 0.273. The molecule has 6 nitrogen and oxygen atoms in total. The Balaban J connectivity index is 2.20. The Labute approximate surface area is 115 Å². The molecule has 0 radical (unpaired) electrons. The molecule has 8 heteroatoms. The number of hydrogen-bond donors (Lipinski definition) is 2. The summed E-state index contributed by atoms with van der Waals surface area (Å²) in [6.07, 6.45) is 1.01. The molecule has 0 spiro atoms. The first-order valence-corrected chi connectivity index (χ1v) is 8.07. The third-order valence-electron chi connectivity index (χ3n) is 2.38. The van der Waals surface area contributed by atoms with Crippen LogP contribution >= 0.6 is 11.3 Å². The van der Waals surface area contributed by atoms with Crippen LogP contribution in [-0.2, 0) is 10.0 Å². The lowest BCUT2D eigenvalue weighted by Gasteiger charge is -1.99. The summed E-state index contributed by atoms with van der Waals surface area (Å²) in [5.41, 5.74) is 0.814. The molecule has 0 amide bonds. The van der Waals surface area contributed by atoms with Crippen LogP contribution in [0.15, 0.2) is 29.2 Å². The molecule has 0 fully saturated rings. The Morgan fingerprint density at radius 2 is 1.95 bits per heavy atom. The summed E-state index contributed by atoms with van der Waals surface area (Å²) >= 11 is 1.43. The minimum atomic E-state index is -3.65. The third-order valence-corrected chi connectivity index (χ3v) is 4.24. The number of rotatable bonds is 5. The summed E-state index contributed by atoms with van der Waals surface area (Å²) in [6.45, 7) is 2.92. The van der Waals surface area contributed by atoms with Crippen LogP contribution in [0.3, 0.4) is 0 Å². The maximum Gasteiger partial charge on any atom is 0.238 e. The maximum absolute atomic E-state index is 11.1. The Morgan fingerprint density at radius 1 is 1.26 bits per heavy atom. The third kappa shape index (κ3) is 3.49. The van der Waals surface area contributed by atoms with Gasteiger partial charge in [-0.05, 0) is 18.6 Å². The van der Waals surface area contributed by atoms with E-state index in [0.717, 1.165) is 28.7 Å². The monoisotopic (exact) mass is 298 g/mol. The Hall–Kier alpha value is -1.51. The molecule has 0 aliphatic carbocycles. The van der Waals surface area contributed by atoms with Gasteiger partial charge < -0.3 is 5.32 Å². The van der Waals surface area contributed by atoms with Gasteiger partial charge in [0, 0.05) is 12.1 Å². The van der Waals surface area contributed by atoms with Gasteiger partial charge in [0.25, 0.3) is 0 Å². The number of nitrogens with one attached hydrogen (secondary N) is 1. The molecular formula is C11H14N4O2S2. The minimum absolute atomic E-state index is 0.0881. The van der Waals surface area contributed by atoms with Crippen LogP contribution in [0.1, 0.15) is 13.3 Å². The van der Waals surface area contributed by atoms with E-state index < -0.39 is 10.0 Å². The van der Waals surface area contributed by atoms with E-state index in [1.54, 1.807) is 12.1 Å². The molecule has 0 aliphatic heterocycles. The molecule has 0 saturated heterocycles. The number of hydrogen-bond acceptors (Lipinski definition) is 6. The average Bonchev–Trinajstić information content (AvgIpc) is 2.84. The average molecular weight is 298 g/mol. The van der Waals surface area contributed by atoms with Crippen molar-refractivity contribution in [1.29, 1.82) is 0 Å². The number of nitrogens with zero attached hydrogens (tertiary/aromatic N) is 2. The zero-order valence-corrected chi connectivity index (χ0v) is 12.0. The largest absolute Gasteiger partial charge is 0.360 e. The van der Waals surface area contributed by atoms with Crippen molar-refractivity contribution < 1.29 is 8.42 Å². The topological polar surface area (TPSA) is 98.0 Å². The van der Waals surface area contributed by atoms with Gasteiger partial charge in [0.1, 0.15) is 5.01 Å². The summed E-state index contributed by atoms with van der Waals surface area (Å²) in [5.74, 6) is 0. The van der Waals surface area contributed by atoms with Crippen LogP contribution < -0.4 is 10.5 Å². The molecule has 1 aromatic heterocycles. The second kappa shape index (κ2) is 5.64. The molecule has 1 heterocycles. The van der Waals surface area contributed by atoms with Crippen LogP contribution in [0.2, 0.25) is 0 Å². The van der Waals surface area contributed by atoms with E-state index in [4.69, 9.17) is 5.14 Å². The quantitative estimate of drug-likeness (QED) is 0.875. The highest BCUT2D eigenvalue weighted by Gasteiger charge is 2.10. The SMILES string of the molecule is CCCNc1nnc(-c2ccc(S(N)(=O)=O)cc2)s1. The first kappa shape index (κ1) is 13.9. The zero-order valence-electron chi connectivity index (χ0n) is 10.3. The van der Waals surface area contributed by atoms with Crippen LogP contribution in [-0.4, -0.2) is 25.2 Å². The van der Waals surface area contributed by atoms with Gasteiger partial charge in [0.2, 0.25) is 15.2 Å². The van der Waals surface area contributed by atoms with E-state index >= 15 is 0 Å². The van der Waals surface area contributed by atoms with Crippen molar-refractivity contribution in [2.24, 2.45) is 5.14 Å². The van der Waals surface area contributed by atoms with Crippen molar-refractivity contribution in [3.05, 3.63) is 24.3 Å². The van der Waals surface area contributed by atoms with Gasteiger partial charge in [-0.2, -0.15) is 0 Å². The molecular weight excluding hydrogens is 284 g/mol. The summed E-state index contributed by atoms with van der Waals surface area (Å²) in [5, 5.41) is 17.8. The van der Waals surface area contributed by atoms with E-state index in [1.807, 2.05) is 0 Å². The van der Waals surface area contributed by atoms with Crippen LogP contribution in [0, 0.1) is 0 Å². The standard InChI is InChI=1S/C11H14N4O2S2/c1-2-7-13-11-15-14-10(18-11)8-3-5-9(6-4-8)19(12,16)17/h3-6H,2,7H2,1H3,(H,13,15)(H2,12,16,17). The van der Waals surface area contributed by atoms with Gasteiger partial charge in [-0.25, -0.2) is 13.6 Å². The highest BCUT2D eigenvalue weighted by atomic mass is 32.2. The lowest BCUT2D eigenvalue weighted by Crippen LogP contribution is -2.11. The van der Waals surface area contributed by atoms with Crippen molar-refractivity contribution in [3.63, 3.8) is 0 Å². The Morgan fingerprint density at radius 3 is 2.53 bits per heavy atom. The number of nitrogens with two attached hydrogens (primary N) is 1. The van der Waals surface area contributed by atoms with E-state index in [9.17, 15) is 8.42 Å². The van der Waals surface area contributed by atoms with Crippen molar-refractivity contribution >= 4 is 26.5 Å². The molecule has 0 bridgehead atoms. The molecule has 19 heavy (non-hydrogen) atoms. The van der Waals surface area contributed by atoms with E-state index in [0.29, 0.717) is 0 Å². The molecule has 0 aliphatic rings. The molecule has 1 aromatic carbocycles. The van der Waals surface area contributed by atoms with Crippen LogP contribution in [0.4, 0.5) is 5.13 Å². The first-order chi connectivity index (χ1) is 9.00. The number of primary sulfonamides is 1. The first-order valence-electron chi connectivity index (χ1n) is 5.71. The van der Waals surface area contributed by atoms with Crippen molar-refractivity contribution in [2.75, 3.05) is 11.9 Å². The van der Waals surface area contributed by atoms with Gasteiger partial charge in [-0.3, -0.25) is 0 Å². The minimum Gasteiger partial charge on any atom is -0.360 e. The second-order valence-electron chi connectivity index (χ2n) is 3.91. The molecule has 102 valence electrons. The van der Waals surface area contributed by atoms with E-state index in [-0.39, 0.29) is 4.90 Å². The number of sulfonamides is 1. The van der Waals surface area contributed by atoms with Gasteiger partial charge in [-0.15, -0.1) is 10.2 Å². The normalized spacial score (nSPS) is 11.5. The maximum atomic E-state index is 11.1. The number of aromatic nitrogens is 2. The van der Waals surface area contributed by atoms with Gasteiger partial charge in [0.15, 0.2) is 0 Å². The summed E-state index contributed by atoms with van der Waals surface area (Å²) in [7, 11) is -3.65. The van der Waals surface area contributed by atoms with Gasteiger partial charge in [0.05, 0.1) is 4.90 Å². The summed E-state index contributed by atoms with van der Waals surface area (Å²) in [6, 6.07) is 6.27. The molecule has 3 N–H and O–H groups in total. The second-order valence-corrected chi connectivity index (χ2v) is 6.45. The van der Waals surface area contributed by atoms with Crippen LogP contribution in [0.5, 0.6) is 0 Å². The predicted octanol–water partition coefficient (Wildman–Crippen LogP) is 1.67. The van der Waals surface area contributed by atoms with Crippen molar-refractivity contribution in [2.45, 2.75) is 18.2 Å². The fourth-order valence-corrected chi connectivity index (χ4v) is 2.72. The predicted molar refractivity (Wildman–Crippen MR) is 75.5 cm³/mol. The van der Waals surface area contributed by atoms with E-state index in [1.165, 1.54) is 23.5 Å². The summed E-state index contributed by atoms with van der Waals surface area (Å²) < 4.78 is 22.3. The van der Waals surface area contributed by atoms with Crippen LogP contribution in [0.25, 0.3) is 10.6 Å². The van der Waals surface area contributed by atoms with Gasteiger partial charge in [-0.1, -0.05) is 30.4 Å². The lowest BCUT2D eigenvalue weighted by atomic mass is 10.2. The Kier molecular flexibility index (Phi) is 4.13. The van der Waals surface area contributed by atoms with Crippen molar-refractivity contribution in [3.8, 4) is 10.6 Å². The Bertz CT molecular complexity index is 650. The van der Waals surface area contributed by atoms with E-state index in [2.05, 4.69) is 22.4 Å². The number of anilines is 1. The molecule has 0 unspecified atom stereocenters. The lowest BCUT2D eigenvalue weighted by molar-refractivity contribution is 0.598. The van der Waals surface area contributed by atoms with Crippen molar-refractivity contribution in [1.82, 2.24) is 10.2 Å².